The SMILES string of the molecule is CNC(=O)C(CCCN)NC(=O)[C@@H]1CCC2CCCC[C@H](NC(=O)[C@H](Cc3ccc(OP(=O)(O)O)cc3)NC(=O)OCc3ccccc3)C(=O)N21. The third kappa shape index (κ3) is 11.8. The fourth-order valence-corrected chi connectivity index (χ4v) is 6.80. The van der Waals surface area contributed by atoms with Crippen molar-refractivity contribution >= 4 is 37.5 Å². The van der Waals surface area contributed by atoms with E-state index in [0.29, 0.717) is 57.1 Å². The third-order valence-electron chi connectivity index (χ3n) is 8.94. The van der Waals surface area contributed by atoms with Gasteiger partial charge in [0.1, 0.15) is 36.5 Å². The Morgan fingerprint density at radius 2 is 1.63 bits per heavy atom. The quantitative estimate of drug-likeness (QED) is 0.129. The maximum Gasteiger partial charge on any atom is 0.524 e. The van der Waals surface area contributed by atoms with Gasteiger partial charge in [-0.1, -0.05) is 55.3 Å². The first-order chi connectivity index (χ1) is 24.4. The summed E-state index contributed by atoms with van der Waals surface area (Å²) in [5, 5.41) is 10.7. The van der Waals surface area contributed by atoms with Crippen LogP contribution < -0.4 is 31.5 Å². The molecule has 5 atom stereocenters. The van der Waals surface area contributed by atoms with Crippen molar-refractivity contribution in [2.75, 3.05) is 13.6 Å². The minimum atomic E-state index is -4.79. The number of benzene rings is 2. The fourth-order valence-electron chi connectivity index (χ4n) is 6.40. The van der Waals surface area contributed by atoms with Crippen molar-refractivity contribution < 1.29 is 47.6 Å². The van der Waals surface area contributed by atoms with Crippen LogP contribution in [0.2, 0.25) is 0 Å². The first-order valence-electron chi connectivity index (χ1n) is 17.0. The van der Waals surface area contributed by atoms with Crippen LogP contribution in [-0.4, -0.2) is 88.2 Å². The Hall–Kier alpha value is -4.50. The summed E-state index contributed by atoms with van der Waals surface area (Å²) in [6.45, 7) is 0.293. The van der Waals surface area contributed by atoms with Crippen molar-refractivity contribution in [3.05, 3.63) is 65.7 Å². The molecule has 4 rings (SSSR count). The Balaban J connectivity index is 1.50. The van der Waals surface area contributed by atoms with E-state index in [1.807, 2.05) is 6.07 Å². The van der Waals surface area contributed by atoms with E-state index < -0.39 is 55.8 Å². The molecule has 2 aliphatic rings. The van der Waals surface area contributed by atoms with Gasteiger partial charge in [-0.15, -0.1) is 0 Å². The Morgan fingerprint density at radius 1 is 0.922 bits per heavy atom. The summed E-state index contributed by atoms with van der Waals surface area (Å²) in [5.41, 5.74) is 6.87. The van der Waals surface area contributed by atoms with Crippen LogP contribution in [0.15, 0.2) is 54.6 Å². The predicted molar refractivity (Wildman–Crippen MR) is 185 cm³/mol. The van der Waals surface area contributed by atoms with Gasteiger partial charge in [0.05, 0.1) is 0 Å². The van der Waals surface area contributed by atoms with Crippen molar-refractivity contribution in [3.8, 4) is 5.75 Å². The zero-order chi connectivity index (χ0) is 37.0. The molecule has 0 bridgehead atoms. The second kappa shape index (κ2) is 18.7. The van der Waals surface area contributed by atoms with E-state index in [1.54, 1.807) is 29.2 Å². The van der Waals surface area contributed by atoms with E-state index >= 15 is 0 Å². The maximum atomic E-state index is 14.1. The van der Waals surface area contributed by atoms with Gasteiger partial charge in [-0.25, -0.2) is 9.36 Å². The van der Waals surface area contributed by atoms with Crippen LogP contribution in [0.3, 0.4) is 0 Å². The van der Waals surface area contributed by atoms with E-state index in [-0.39, 0.29) is 30.7 Å². The minimum absolute atomic E-state index is 0.0523. The highest BCUT2D eigenvalue weighted by Crippen LogP contribution is 2.37. The van der Waals surface area contributed by atoms with Gasteiger partial charge in [-0.3, -0.25) is 29.0 Å². The molecule has 8 N–H and O–H groups in total. The average Bonchev–Trinajstić information content (AvgIpc) is 3.52. The molecule has 0 aliphatic carbocycles. The molecular weight excluding hydrogens is 683 g/mol. The van der Waals surface area contributed by atoms with Crippen LogP contribution in [0.4, 0.5) is 4.79 Å². The number of phosphoric ester groups is 1. The van der Waals surface area contributed by atoms with Gasteiger partial charge >= 0.3 is 13.9 Å². The van der Waals surface area contributed by atoms with Crippen LogP contribution in [0.1, 0.15) is 62.5 Å². The second-order valence-corrected chi connectivity index (χ2v) is 13.8. The largest absolute Gasteiger partial charge is 0.524 e. The third-order valence-corrected chi connectivity index (χ3v) is 9.39. The summed E-state index contributed by atoms with van der Waals surface area (Å²) in [5.74, 6) is -2.00. The number of hydrogen-bond donors (Lipinski definition) is 7. The van der Waals surface area contributed by atoms with Crippen molar-refractivity contribution in [1.29, 1.82) is 0 Å². The van der Waals surface area contributed by atoms with Gasteiger partial charge in [0.25, 0.3) is 0 Å². The summed E-state index contributed by atoms with van der Waals surface area (Å²) in [4.78, 5) is 86.7. The molecule has 0 saturated carbocycles. The molecule has 5 amide bonds. The molecule has 16 nitrogen and oxygen atoms in total. The van der Waals surface area contributed by atoms with Gasteiger partial charge in [0, 0.05) is 19.5 Å². The van der Waals surface area contributed by atoms with Crippen LogP contribution in [0.25, 0.3) is 0 Å². The lowest BCUT2D eigenvalue weighted by molar-refractivity contribution is -0.145. The normalized spacial score (nSPS) is 20.1. The first-order valence-corrected chi connectivity index (χ1v) is 18.6. The molecule has 17 heteroatoms. The summed E-state index contributed by atoms with van der Waals surface area (Å²) in [6.07, 6.45) is 3.33. The molecular formula is C34H47N6O10P. The number of alkyl carbamates (subject to hydrolysis) is 1. The van der Waals surface area contributed by atoms with Crippen molar-refractivity contribution in [2.45, 2.75) is 94.6 Å². The standard InChI is InChI=1S/C34H47N6O10P/c1-36-30(41)26(12-7-19-35)37-32(43)29-18-15-24-10-5-6-11-27(33(44)40(24)29)38-31(42)28(39-34(45)49-21-23-8-3-2-4-9-23)20-22-13-16-25(17-14-22)50-51(46,47)48/h2-4,8-9,13-14,16-17,24,26-29H,5-7,10-12,15,18-21,35H2,1H3,(H,36,41)(H,37,43)(H,38,42)(H,39,45)(H2,46,47,48)/t24?,26?,27-,28-,29-/m0/s1. The lowest BCUT2D eigenvalue weighted by Gasteiger charge is -2.36. The number of likely N-dealkylation sites (N-methyl/N-ethyl adjacent to an activating group) is 1. The minimum Gasteiger partial charge on any atom is -0.445 e. The summed E-state index contributed by atoms with van der Waals surface area (Å²) in [7, 11) is -3.31. The molecule has 0 radical (unpaired) electrons. The number of hydrogen-bond acceptors (Lipinski definition) is 9. The Bertz CT molecular complexity index is 1560. The van der Waals surface area contributed by atoms with E-state index in [0.717, 1.165) is 12.0 Å². The maximum absolute atomic E-state index is 14.1. The van der Waals surface area contributed by atoms with E-state index in [1.165, 1.54) is 31.3 Å². The predicted octanol–water partition coefficient (Wildman–Crippen LogP) is 1.38. The van der Waals surface area contributed by atoms with Gasteiger partial charge in [-0.2, -0.15) is 0 Å². The van der Waals surface area contributed by atoms with E-state index in [9.17, 15) is 28.5 Å². The molecule has 2 aromatic carbocycles. The summed E-state index contributed by atoms with van der Waals surface area (Å²) < 4.78 is 21.2. The number of rotatable bonds is 15. The van der Waals surface area contributed by atoms with Crippen LogP contribution in [-0.2, 0) is 41.5 Å². The monoisotopic (exact) mass is 730 g/mol. The molecule has 0 aromatic heterocycles. The molecule has 2 fully saturated rings. The van der Waals surface area contributed by atoms with Gasteiger partial charge < -0.3 is 41.2 Å². The van der Waals surface area contributed by atoms with Crippen LogP contribution in [0.5, 0.6) is 5.75 Å². The number of ether oxygens (including phenoxy) is 1. The number of nitrogens with zero attached hydrogens (tertiary/aromatic N) is 1. The van der Waals surface area contributed by atoms with E-state index in [4.69, 9.17) is 20.3 Å². The highest BCUT2D eigenvalue weighted by Gasteiger charge is 2.44. The molecule has 2 heterocycles. The Kier molecular flexibility index (Phi) is 14.4. The number of fused-ring (bicyclic) bond motifs is 1. The summed E-state index contributed by atoms with van der Waals surface area (Å²) in [6, 6.07) is 10.5. The number of nitrogens with two attached hydrogens (primary N) is 1. The highest BCUT2D eigenvalue weighted by molar-refractivity contribution is 7.46. The molecule has 2 aliphatic heterocycles. The van der Waals surface area contributed by atoms with Crippen LogP contribution in [0, 0.1) is 0 Å². The molecule has 2 saturated heterocycles. The number of nitrogens with one attached hydrogen (secondary N) is 4. The van der Waals surface area contributed by atoms with Gasteiger partial charge in [0.15, 0.2) is 0 Å². The molecule has 51 heavy (non-hydrogen) atoms. The molecule has 2 unspecified atom stereocenters. The van der Waals surface area contributed by atoms with Gasteiger partial charge in [0.2, 0.25) is 23.6 Å². The topological polar surface area (TPSA) is 239 Å². The smallest absolute Gasteiger partial charge is 0.445 e. The Labute approximate surface area is 296 Å². The average molecular weight is 731 g/mol. The molecule has 0 spiro atoms. The fraction of sp³-hybridized carbons (Fsp3) is 0.500. The zero-order valence-corrected chi connectivity index (χ0v) is 29.4. The lowest BCUT2D eigenvalue weighted by Crippen LogP contribution is -2.60. The lowest BCUT2D eigenvalue weighted by atomic mass is 9.98. The number of carbonyl (C=O) groups excluding carboxylic acids is 5. The second-order valence-electron chi connectivity index (χ2n) is 12.6. The van der Waals surface area contributed by atoms with Crippen molar-refractivity contribution in [1.82, 2.24) is 26.2 Å². The van der Waals surface area contributed by atoms with E-state index in [2.05, 4.69) is 25.8 Å². The van der Waals surface area contributed by atoms with Gasteiger partial charge in [-0.05, 0) is 68.3 Å². The molecule has 278 valence electrons. The molecule has 2 aromatic rings. The van der Waals surface area contributed by atoms with Crippen LogP contribution >= 0.6 is 7.82 Å². The number of phosphoric acid groups is 1. The Morgan fingerprint density at radius 3 is 2.29 bits per heavy atom. The zero-order valence-electron chi connectivity index (χ0n) is 28.5. The van der Waals surface area contributed by atoms with Crippen molar-refractivity contribution in [3.63, 3.8) is 0 Å². The summed E-state index contributed by atoms with van der Waals surface area (Å²) >= 11 is 0. The first kappa shape index (κ1) is 39.3. The highest BCUT2D eigenvalue weighted by atomic mass is 31.2. The number of carbonyl (C=O) groups is 5. The number of amides is 5. The van der Waals surface area contributed by atoms with Crippen molar-refractivity contribution in [2.24, 2.45) is 5.73 Å².